The molecular formula is C18H24N2O4S. The van der Waals surface area contributed by atoms with Crippen LogP contribution in [0.2, 0.25) is 0 Å². The van der Waals surface area contributed by atoms with E-state index in [-0.39, 0.29) is 24.8 Å². The van der Waals surface area contributed by atoms with Gasteiger partial charge in [0, 0.05) is 18.7 Å². The molecule has 1 aromatic rings. The van der Waals surface area contributed by atoms with Gasteiger partial charge < -0.3 is 15.3 Å². The topological polar surface area (TPSA) is 86.7 Å². The van der Waals surface area contributed by atoms with Crippen LogP contribution in [0.1, 0.15) is 25.3 Å². The van der Waals surface area contributed by atoms with Crippen molar-refractivity contribution in [3.8, 4) is 0 Å². The highest BCUT2D eigenvalue weighted by molar-refractivity contribution is 7.99. The minimum Gasteiger partial charge on any atom is -0.480 e. The number of nitrogens with zero attached hydrogens (tertiary/aromatic N) is 1. The number of anilines is 1. The summed E-state index contributed by atoms with van der Waals surface area (Å²) in [6.45, 7) is 4.25. The maximum absolute atomic E-state index is 12.4. The maximum atomic E-state index is 12.4. The van der Waals surface area contributed by atoms with Crippen LogP contribution < -0.4 is 10.2 Å². The molecule has 136 valence electrons. The molecular weight excluding hydrogens is 340 g/mol. The second kappa shape index (κ2) is 8.89. The molecule has 2 N–H and O–H groups in total. The number of thioether (sulfide) groups is 1. The van der Waals surface area contributed by atoms with Crippen molar-refractivity contribution in [3.63, 3.8) is 0 Å². The first kappa shape index (κ1) is 19.3. The standard InChI is InChI=1S/C18H24N2O4S/c1-3-25-9-8-15(18(23)24)19-17(22)13-10-16(21)20(11-13)14-6-4-12(2)5-7-14/h4-7,13,15H,3,8-11H2,1-2H3,(H,19,22)(H,23,24). The summed E-state index contributed by atoms with van der Waals surface area (Å²) in [5.41, 5.74) is 1.86. The third-order valence-electron chi connectivity index (χ3n) is 4.21. The van der Waals surface area contributed by atoms with Gasteiger partial charge in [-0.15, -0.1) is 0 Å². The van der Waals surface area contributed by atoms with Gasteiger partial charge in [-0.25, -0.2) is 4.79 Å². The molecule has 1 aliphatic rings. The van der Waals surface area contributed by atoms with Crippen molar-refractivity contribution in [2.75, 3.05) is 23.0 Å². The Morgan fingerprint density at radius 2 is 2.04 bits per heavy atom. The maximum Gasteiger partial charge on any atom is 0.326 e. The summed E-state index contributed by atoms with van der Waals surface area (Å²) in [6.07, 6.45) is 0.484. The average molecular weight is 364 g/mol. The normalized spacial score (nSPS) is 18.2. The van der Waals surface area contributed by atoms with Crippen molar-refractivity contribution in [1.82, 2.24) is 5.32 Å². The molecule has 0 saturated carbocycles. The van der Waals surface area contributed by atoms with E-state index in [4.69, 9.17) is 0 Å². The molecule has 1 fully saturated rings. The van der Waals surface area contributed by atoms with Gasteiger partial charge in [-0.05, 0) is 37.0 Å². The van der Waals surface area contributed by atoms with E-state index in [9.17, 15) is 19.5 Å². The monoisotopic (exact) mass is 364 g/mol. The predicted octanol–water partition coefficient (Wildman–Crippen LogP) is 2.06. The number of hydrogen-bond acceptors (Lipinski definition) is 4. The number of carbonyl (C=O) groups is 3. The summed E-state index contributed by atoms with van der Waals surface area (Å²) in [7, 11) is 0. The Labute approximate surface area is 152 Å². The van der Waals surface area contributed by atoms with Crippen molar-refractivity contribution < 1.29 is 19.5 Å². The van der Waals surface area contributed by atoms with Crippen molar-refractivity contribution in [3.05, 3.63) is 29.8 Å². The minimum atomic E-state index is -1.04. The molecule has 2 atom stereocenters. The molecule has 0 aliphatic carbocycles. The molecule has 0 radical (unpaired) electrons. The molecule has 2 amide bonds. The number of carboxylic acid groups (broad SMARTS) is 1. The Morgan fingerprint density at radius 1 is 1.36 bits per heavy atom. The number of benzene rings is 1. The molecule has 2 unspecified atom stereocenters. The van der Waals surface area contributed by atoms with Crippen molar-refractivity contribution in [1.29, 1.82) is 0 Å². The highest BCUT2D eigenvalue weighted by Crippen LogP contribution is 2.25. The Balaban J connectivity index is 1.96. The van der Waals surface area contributed by atoms with Crippen molar-refractivity contribution in [2.45, 2.75) is 32.7 Å². The van der Waals surface area contributed by atoms with Gasteiger partial charge in [0.25, 0.3) is 0 Å². The van der Waals surface area contributed by atoms with Crippen LogP contribution in [0.25, 0.3) is 0 Å². The molecule has 1 aromatic carbocycles. The fraction of sp³-hybridized carbons (Fsp3) is 0.500. The van der Waals surface area contributed by atoms with E-state index in [0.29, 0.717) is 12.2 Å². The zero-order valence-corrected chi connectivity index (χ0v) is 15.3. The fourth-order valence-electron chi connectivity index (χ4n) is 2.75. The van der Waals surface area contributed by atoms with Gasteiger partial charge in [-0.2, -0.15) is 11.8 Å². The van der Waals surface area contributed by atoms with E-state index < -0.39 is 17.9 Å². The minimum absolute atomic E-state index is 0.107. The van der Waals surface area contributed by atoms with Crippen LogP contribution in [0, 0.1) is 12.8 Å². The molecule has 1 saturated heterocycles. The number of hydrogen-bond donors (Lipinski definition) is 2. The molecule has 2 rings (SSSR count). The summed E-state index contributed by atoms with van der Waals surface area (Å²) in [4.78, 5) is 37.6. The summed E-state index contributed by atoms with van der Waals surface area (Å²) in [5, 5.41) is 11.9. The van der Waals surface area contributed by atoms with E-state index in [2.05, 4.69) is 5.32 Å². The Bertz CT molecular complexity index is 632. The molecule has 7 heteroatoms. The second-order valence-corrected chi connectivity index (χ2v) is 7.52. The molecule has 0 aromatic heterocycles. The first-order chi connectivity index (χ1) is 11.9. The SMILES string of the molecule is CCSCCC(NC(=O)C1CC(=O)N(c2ccc(C)cc2)C1)C(=O)O. The van der Waals surface area contributed by atoms with E-state index in [1.165, 1.54) is 0 Å². The largest absolute Gasteiger partial charge is 0.480 e. The van der Waals surface area contributed by atoms with Crippen LogP contribution in [0.15, 0.2) is 24.3 Å². The van der Waals surface area contributed by atoms with Crippen LogP contribution in [-0.2, 0) is 14.4 Å². The van der Waals surface area contributed by atoms with Gasteiger partial charge in [0.15, 0.2) is 0 Å². The lowest BCUT2D eigenvalue weighted by Crippen LogP contribution is -2.44. The Kier molecular flexibility index (Phi) is 6.87. The molecule has 0 bridgehead atoms. The van der Waals surface area contributed by atoms with Gasteiger partial charge >= 0.3 is 5.97 Å². The summed E-state index contributed by atoms with van der Waals surface area (Å²) in [5.74, 6) is -0.455. The van der Waals surface area contributed by atoms with Gasteiger partial charge in [-0.3, -0.25) is 9.59 Å². The van der Waals surface area contributed by atoms with E-state index >= 15 is 0 Å². The molecule has 0 spiro atoms. The second-order valence-electron chi connectivity index (χ2n) is 6.13. The fourth-order valence-corrected chi connectivity index (χ4v) is 3.44. The number of aliphatic carboxylic acids is 1. The average Bonchev–Trinajstić information content (AvgIpc) is 2.96. The van der Waals surface area contributed by atoms with Crippen LogP contribution >= 0.6 is 11.8 Å². The number of rotatable bonds is 8. The Hall–Kier alpha value is -2.02. The Morgan fingerprint density at radius 3 is 2.64 bits per heavy atom. The molecule has 1 aliphatic heterocycles. The van der Waals surface area contributed by atoms with Gasteiger partial charge in [-0.1, -0.05) is 24.6 Å². The summed E-state index contributed by atoms with van der Waals surface area (Å²) >= 11 is 1.64. The van der Waals surface area contributed by atoms with E-state index in [1.807, 2.05) is 38.1 Å². The lowest BCUT2D eigenvalue weighted by atomic mass is 10.1. The number of carboxylic acids is 1. The number of nitrogens with one attached hydrogen (secondary N) is 1. The quantitative estimate of drug-likeness (QED) is 0.690. The van der Waals surface area contributed by atoms with E-state index in [0.717, 1.165) is 17.0 Å². The number of aryl methyl sites for hydroxylation is 1. The lowest BCUT2D eigenvalue weighted by molar-refractivity contribution is -0.142. The summed E-state index contributed by atoms with van der Waals surface area (Å²) < 4.78 is 0. The van der Waals surface area contributed by atoms with Crippen LogP contribution in [0.4, 0.5) is 5.69 Å². The highest BCUT2D eigenvalue weighted by atomic mass is 32.2. The van der Waals surface area contributed by atoms with Gasteiger partial charge in [0.2, 0.25) is 11.8 Å². The van der Waals surface area contributed by atoms with Gasteiger partial charge in [0.05, 0.1) is 5.92 Å². The smallest absolute Gasteiger partial charge is 0.326 e. The number of carbonyl (C=O) groups excluding carboxylic acids is 2. The number of amides is 2. The highest BCUT2D eigenvalue weighted by Gasteiger charge is 2.36. The van der Waals surface area contributed by atoms with E-state index in [1.54, 1.807) is 16.7 Å². The van der Waals surface area contributed by atoms with Crippen LogP contribution in [-0.4, -0.2) is 47.0 Å². The van der Waals surface area contributed by atoms with Crippen LogP contribution in [0.3, 0.4) is 0 Å². The van der Waals surface area contributed by atoms with Crippen LogP contribution in [0.5, 0.6) is 0 Å². The molecule has 25 heavy (non-hydrogen) atoms. The molecule has 1 heterocycles. The van der Waals surface area contributed by atoms with Crippen molar-refractivity contribution in [2.24, 2.45) is 5.92 Å². The van der Waals surface area contributed by atoms with Crippen molar-refractivity contribution >= 4 is 35.2 Å². The van der Waals surface area contributed by atoms with Gasteiger partial charge in [0.1, 0.15) is 6.04 Å². The summed E-state index contributed by atoms with van der Waals surface area (Å²) in [6, 6.07) is 6.64. The zero-order chi connectivity index (χ0) is 18.4. The first-order valence-corrected chi connectivity index (χ1v) is 9.55. The predicted molar refractivity (Wildman–Crippen MR) is 98.8 cm³/mol. The third-order valence-corrected chi connectivity index (χ3v) is 5.14. The lowest BCUT2D eigenvalue weighted by Gasteiger charge is -2.18. The first-order valence-electron chi connectivity index (χ1n) is 8.40. The molecule has 6 nitrogen and oxygen atoms in total. The third kappa shape index (κ3) is 5.22. The zero-order valence-electron chi connectivity index (χ0n) is 14.5.